The molecule has 0 aromatic carbocycles. The SMILES string of the molecule is CC[C@H](C)OCC(=O)N1CCS(=O)(=O)C[C@@H]1c1cnn(CC)c1. The van der Waals surface area contributed by atoms with Crippen molar-refractivity contribution in [1.82, 2.24) is 14.7 Å². The van der Waals surface area contributed by atoms with Crippen molar-refractivity contribution in [2.24, 2.45) is 0 Å². The maximum absolute atomic E-state index is 12.5. The van der Waals surface area contributed by atoms with Crippen molar-refractivity contribution in [2.45, 2.75) is 45.9 Å². The van der Waals surface area contributed by atoms with Gasteiger partial charge in [-0.2, -0.15) is 5.10 Å². The van der Waals surface area contributed by atoms with Gasteiger partial charge >= 0.3 is 0 Å². The van der Waals surface area contributed by atoms with Crippen molar-refractivity contribution < 1.29 is 17.9 Å². The molecule has 0 aliphatic carbocycles. The van der Waals surface area contributed by atoms with Gasteiger partial charge in [0.1, 0.15) is 6.61 Å². The number of rotatable bonds is 6. The van der Waals surface area contributed by atoms with E-state index in [2.05, 4.69) is 5.10 Å². The first-order valence-corrected chi connectivity index (χ1v) is 9.82. The van der Waals surface area contributed by atoms with Crippen molar-refractivity contribution in [3.8, 4) is 0 Å². The van der Waals surface area contributed by atoms with Crippen LogP contribution in [0.4, 0.5) is 0 Å². The molecule has 1 aromatic rings. The van der Waals surface area contributed by atoms with Crippen LogP contribution in [-0.2, 0) is 25.9 Å². The summed E-state index contributed by atoms with van der Waals surface area (Å²) in [6.07, 6.45) is 4.29. The lowest BCUT2D eigenvalue weighted by molar-refractivity contribution is -0.140. The number of aryl methyl sites for hydroxylation is 1. The number of ether oxygens (including phenoxy) is 1. The fraction of sp³-hybridized carbons (Fsp3) is 0.733. The molecule has 0 spiro atoms. The second kappa shape index (κ2) is 7.44. The molecule has 8 heteroatoms. The van der Waals surface area contributed by atoms with Gasteiger partial charge in [-0.15, -0.1) is 0 Å². The van der Waals surface area contributed by atoms with Gasteiger partial charge in [-0.25, -0.2) is 8.42 Å². The summed E-state index contributed by atoms with van der Waals surface area (Å²) in [5, 5.41) is 4.19. The van der Waals surface area contributed by atoms with Gasteiger partial charge in [0, 0.05) is 24.8 Å². The molecule has 1 fully saturated rings. The molecule has 0 saturated carbocycles. The van der Waals surface area contributed by atoms with Crippen LogP contribution in [0.2, 0.25) is 0 Å². The molecular weight excluding hydrogens is 318 g/mol. The van der Waals surface area contributed by atoms with Crippen LogP contribution in [0.3, 0.4) is 0 Å². The van der Waals surface area contributed by atoms with E-state index in [1.165, 1.54) is 0 Å². The first-order valence-electron chi connectivity index (χ1n) is 8.00. The predicted molar refractivity (Wildman–Crippen MR) is 86.7 cm³/mol. The van der Waals surface area contributed by atoms with Crippen LogP contribution in [0, 0.1) is 0 Å². The van der Waals surface area contributed by atoms with E-state index in [1.54, 1.807) is 22.0 Å². The third kappa shape index (κ3) is 4.54. The Morgan fingerprint density at radius 2 is 2.22 bits per heavy atom. The Kier molecular flexibility index (Phi) is 5.80. The standard InChI is InChI=1S/C15H25N3O4S/c1-4-12(3)22-10-15(19)18-6-7-23(20,21)11-14(18)13-8-16-17(5-2)9-13/h8-9,12,14H,4-7,10-11H2,1-3H3/t12-,14+/m0/s1. The molecule has 0 radical (unpaired) electrons. The van der Waals surface area contributed by atoms with E-state index >= 15 is 0 Å². The molecule has 2 rings (SSSR count). The maximum atomic E-state index is 12.5. The molecule has 0 unspecified atom stereocenters. The van der Waals surface area contributed by atoms with Crippen molar-refractivity contribution in [2.75, 3.05) is 24.7 Å². The molecule has 0 bridgehead atoms. The van der Waals surface area contributed by atoms with E-state index < -0.39 is 15.9 Å². The fourth-order valence-electron chi connectivity index (χ4n) is 2.52. The Hall–Kier alpha value is -1.41. The van der Waals surface area contributed by atoms with Gasteiger partial charge in [0.15, 0.2) is 9.84 Å². The lowest BCUT2D eigenvalue weighted by Gasteiger charge is -2.35. The minimum Gasteiger partial charge on any atom is -0.369 e. The van der Waals surface area contributed by atoms with Crippen molar-refractivity contribution in [1.29, 1.82) is 0 Å². The molecule has 23 heavy (non-hydrogen) atoms. The van der Waals surface area contributed by atoms with Crippen molar-refractivity contribution in [3.05, 3.63) is 18.0 Å². The van der Waals surface area contributed by atoms with Crippen molar-refractivity contribution in [3.63, 3.8) is 0 Å². The lowest BCUT2D eigenvalue weighted by atomic mass is 10.1. The highest BCUT2D eigenvalue weighted by molar-refractivity contribution is 7.91. The van der Waals surface area contributed by atoms with Crippen LogP contribution in [0.25, 0.3) is 0 Å². The minimum absolute atomic E-state index is 0.000482. The van der Waals surface area contributed by atoms with Gasteiger partial charge < -0.3 is 9.64 Å². The van der Waals surface area contributed by atoms with Gasteiger partial charge in [-0.05, 0) is 20.3 Å². The second-order valence-corrected chi connectivity index (χ2v) is 8.11. The number of hydrogen-bond donors (Lipinski definition) is 0. The summed E-state index contributed by atoms with van der Waals surface area (Å²) >= 11 is 0. The highest BCUT2D eigenvalue weighted by Crippen LogP contribution is 2.26. The molecule has 130 valence electrons. The first kappa shape index (κ1) is 17.9. The maximum Gasteiger partial charge on any atom is 0.249 e. The van der Waals surface area contributed by atoms with E-state index in [9.17, 15) is 13.2 Å². The summed E-state index contributed by atoms with van der Waals surface area (Å²) < 4.78 is 31.2. The quantitative estimate of drug-likeness (QED) is 0.770. The van der Waals surface area contributed by atoms with E-state index in [1.807, 2.05) is 20.8 Å². The zero-order valence-corrected chi connectivity index (χ0v) is 14.8. The highest BCUT2D eigenvalue weighted by Gasteiger charge is 2.35. The van der Waals surface area contributed by atoms with E-state index in [0.29, 0.717) is 6.54 Å². The van der Waals surface area contributed by atoms with Crippen molar-refractivity contribution >= 4 is 15.7 Å². The third-order valence-corrected chi connectivity index (χ3v) is 5.81. The average molecular weight is 343 g/mol. The number of hydrogen-bond acceptors (Lipinski definition) is 5. The molecule has 7 nitrogen and oxygen atoms in total. The Bertz CT molecular complexity index is 641. The molecule has 1 aromatic heterocycles. The largest absolute Gasteiger partial charge is 0.369 e. The molecule has 0 N–H and O–H groups in total. The summed E-state index contributed by atoms with van der Waals surface area (Å²) in [7, 11) is -3.15. The molecule has 2 atom stereocenters. The lowest BCUT2D eigenvalue weighted by Crippen LogP contribution is -2.47. The normalized spacial score (nSPS) is 22.0. The summed E-state index contributed by atoms with van der Waals surface area (Å²) in [5.41, 5.74) is 0.756. The van der Waals surface area contributed by atoms with E-state index in [-0.39, 0.29) is 36.7 Å². The second-order valence-electron chi connectivity index (χ2n) is 5.88. The summed E-state index contributed by atoms with van der Waals surface area (Å²) in [4.78, 5) is 14.1. The van der Waals surface area contributed by atoms with Crippen LogP contribution in [0.15, 0.2) is 12.4 Å². The molecular formula is C15H25N3O4S. The summed E-state index contributed by atoms with van der Waals surface area (Å²) in [6, 6.07) is -0.484. The van der Waals surface area contributed by atoms with Crippen LogP contribution >= 0.6 is 0 Å². The predicted octanol–water partition coefficient (Wildman–Crippen LogP) is 1.02. The van der Waals surface area contributed by atoms with Gasteiger partial charge in [-0.1, -0.05) is 6.92 Å². The first-order chi connectivity index (χ1) is 10.9. The molecule has 1 amide bonds. The zero-order valence-electron chi connectivity index (χ0n) is 13.9. The number of nitrogens with zero attached hydrogens (tertiary/aromatic N) is 3. The van der Waals surface area contributed by atoms with Crippen LogP contribution in [0.5, 0.6) is 0 Å². The third-order valence-electron chi connectivity index (χ3n) is 4.18. The Morgan fingerprint density at radius 1 is 1.48 bits per heavy atom. The molecule has 1 aliphatic rings. The Balaban J connectivity index is 2.16. The Labute approximate surface area is 137 Å². The zero-order chi connectivity index (χ0) is 17.0. The monoisotopic (exact) mass is 343 g/mol. The molecule has 2 heterocycles. The number of aromatic nitrogens is 2. The fourth-order valence-corrected chi connectivity index (χ4v) is 4.02. The van der Waals surface area contributed by atoms with Crippen LogP contribution in [0.1, 0.15) is 38.8 Å². The van der Waals surface area contributed by atoms with Crippen LogP contribution in [-0.4, -0.2) is 59.8 Å². The topological polar surface area (TPSA) is 81.5 Å². The van der Waals surface area contributed by atoms with Gasteiger partial charge in [0.2, 0.25) is 5.91 Å². The number of amides is 1. The summed E-state index contributed by atoms with van der Waals surface area (Å²) in [6.45, 7) is 6.74. The molecule has 1 aliphatic heterocycles. The van der Waals surface area contributed by atoms with Gasteiger partial charge in [-0.3, -0.25) is 9.48 Å². The number of carbonyl (C=O) groups excluding carboxylic acids is 1. The van der Waals surface area contributed by atoms with Gasteiger partial charge in [0.25, 0.3) is 0 Å². The molecule has 1 saturated heterocycles. The van der Waals surface area contributed by atoms with E-state index in [4.69, 9.17) is 4.74 Å². The van der Waals surface area contributed by atoms with E-state index in [0.717, 1.165) is 12.0 Å². The number of sulfone groups is 1. The van der Waals surface area contributed by atoms with Crippen LogP contribution < -0.4 is 0 Å². The minimum atomic E-state index is -3.15. The number of carbonyl (C=O) groups is 1. The van der Waals surface area contributed by atoms with Gasteiger partial charge in [0.05, 0.1) is 29.8 Å². The smallest absolute Gasteiger partial charge is 0.249 e. The Morgan fingerprint density at radius 3 is 2.83 bits per heavy atom. The summed E-state index contributed by atoms with van der Waals surface area (Å²) in [5.74, 6) is -0.229. The average Bonchev–Trinajstić information content (AvgIpc) is 3.00. The highest BCUT2D eigenvalue weighted by atomic mass is 32.2.